The first kappa shape index (κ1) is 15.6. The van der Waals surface area contributed by atoms with Crippen molar-refractivity contribution in [2.24, 2.45) is 0 Å². The van der Waals surface area contributed by atoms with E-state index in [0.717, 1.165) is 22.9 Å². The predicted molar refractivity (Wildman–Crippen MR) is 93.7 cm³/mol. The van der Waals surface area contributed by atoms with Crippen LogP contribution in [-0.2, 0) is 11.4 Å². The van der Waals surface area contributed by atoms with Crippen molar-refractivity contribution in [1.29, 1.82) is 5.41 Å². The molecule has 0 spiro atoms. The van der Waals surface area contributed by atoms with Gasteiger partial charge in [0, 0.05) is 0 Å². The number of benzene rings is 2. The minimum absolute atomic E-state index is 0.134. The van der Waals surface area contributed by atoms with Crippen LogP contribution in [0.1, 0.15) is 11.1 Å². The van der Waals surface area contributed by atoms with Crippen LogP contribution in [0.2, 0.25) is 5.02 Å². The fourth-order valence-corrected chi connectivity index (χ4v) is 3.00. The molecule has 0 saturated carbocycles. The van der Waals surface area contributed by atoms with Crippen molar-refractivity contribution < 1.29 is 9.53 Å². The molecule has 2 aromatic rings. The summed E-state index contributed by atoms with van der Waals surface area (Å²) in [5.74, 6) is 0.328. The molecule has 1 saturated heterocycles. The number of carbonyl (C=O) groups is 1. The summed E-state index contributed by atoms with van der Waals surface area (Å²) in [6, 6.07) is 15.2. The Morgan fingerprint density at radius 2 is 2.00 bits per heavy atom. The van der Waals surface area contributed by atoms with Crippen molar-refractivity contribution in [3.63, 3.8) is 0 Å². The first-order valence-corrected chi connectivity index (χ1v) is 8.07. The van der Waals surface area contributed by atoms with Crippen LogP contribution >= 0.6 is 23.4 Å². The van der Waals surface area contributed by atoms with E-state index in [2.05, 4.69) is 5.32 Å². The first-order chi connectivity index (χ1) is 11.1. The molecule has 0 radical (unpaired) electrons. The van der Waals surface area contributed by atoms with Crippen LogP contribution in [0.3, 0.4) is 0 Å². The molecule has 116 valence electrons. The van der Waals surface area contributed by atoms with Gasteiger partial charge in [-0.2, -0.15) is 0 Å². The number of nitrogens with one attached hydrogen (secondary N) is 2. The summed E-state index contributed by atoms with van der Waals surface area (Å²) in [7, 11) is 0. The van der Waals surface area contributed by atoms with E-state index in [1.165, 1.54) is 0 Å². The minimum Gasteiger partial charge on any atom is -0.487 e. The van der Waals surface area contributed by atoms with Gasteiger partial charge in [-0.05, 0) is 41.1 Å². The van der Waals surface area contributed by atoms with Crippen molar-refractivity contribution in [2.75, 3.05) is 0 Å². The van der Waals surface area contributed by atoms with E-state index < -0.39 is 0 Å². The number of amidine groups is 1. The van der Waals surface area contributed by atoms with E-state index >= 15 is 0 Å². The second kappa shape index (κ2) is 6.89. The van der Waals surface area contributed by atoms with Gasteiger partial charge in [0.15, 0.2) is 5.17 Å². The smallest absolute Gasteiger partial charge is 0.264 e. The summed E-state index contributed by atoms with van der Waals surface area (Å²) in [6.07, 6.45) is 1.70. The fraction of sp³-hybridized carbons (Fsp3) is 0.0588. The molecule has 1 amide bonds. The number of carbonyl (C=O) groups excluding carboxylic acids is 1. The van der Waals surface area contributed by atoms with Gasteiger partial charge in [-0.15, -0.1) is 0 Å². The van der Waals surface area contributed by atoms with Crippen LogP contribution in [0, 0.1) is 5.41 Å². The topological polar surface area (TPSA) is 62.2 Å². The van der Waals surface area contributed by atoms with Gasteiger partial charge < -0.3 is 10.1 Å². The molecule has 0 aliphatic carbocycles. The van der Waals surface area contributed by atoms with Gasteiger partial charge in [-0.1, -0.05) is 48.0 Å². The largest absolute Gasteiger partial charge is 0.487 e. The highest BCUT2D eigenvalue weighted by molar-refractivity contribution is 8.18. The highest BCUT2D eigenvalue weighted by atomic mass is 35.5. The van der Waals surface area contributed by atoms with Crippen molar-refractivity contribution in [1.82, 2.24) is 5.32 Å². The van der Waals surface area contributed by atoms with E-state index in [-0.39, 0.29) is 11.1 Å². The van der Waals surface area contributed by atoms with Crippen molar-refractivity contribution in [2.45, 2.75) is 6.61 Å². The summed E-state index contributed by atoms with van der Waals surface area (Å²) >= 11 is 7.34. The highest BCUT2D eigenvalue weighted by Gasteiger charge is 2.22. The summed E-state index contributed by atoms with van der Waals surface area (Å²) in [5, 5.41) is 10.5. The average Bonchev–Trinajstić information content (AvgIpc) is 2.85. The quantitative estimate of drug-likeness (QED) is 0.822. The maximum Gasteiger partial charge on any atom is 0.264 e. The Kier molecular flexibility index (Phi) is 4.69. The van der Waals surface area contributed by atoms with Crippen molar-refractivity contribution in [3.05, 3.63) is 69.6 Å². The lowest BCUT2D eigenvalue weighted by molar-refractivity contribution is -0.115. The lowest BCUT2D eigenvalue weighted by atomic mass is 10.2. The van der Waals surface area contributed by atoms with Crippen LogP contribution < -0.4 is 10.1 Å². The van der Waals surface area contributed by atoms with Gasteiger partial charge in [0.2, 0.25) is 0 Å². The van der Waals surface area contributed by atoms with Crippen LogP contribution in [0.25, 0.3) is 6.08 Å². The van der Waals surface area contributed by atoms with E-state index in [4.69, 9.17) is 21.7 Å². The Labute approximate surface area is 143 Å². The molecule has 3 rings (SSSR count). The van der Waals surface area contributed by atoms with Gasteiger partial charge >= 0.3 is 0 Å². The highest BCUT2D eigenvalue weighted by Crippen LogP contribution is 2.30. The molecule has 1 heterocycles. The molecule has 0 bridgehead atoms. The predicted octanol–water partition coefficient (Wildman–Crippen LogP) is 4.06. The molecular weight excluding hydrogens is 332 g/mol. The third kappa shape index (κ3) is 3.94. The van der Waals surface area contributed by atoms with Gasteiger partial charge in [-0.25, -0.2) is 0 Å². The van der Waals surface area contributed by atoms with Crippen LogP contribution in [0.4, 0.5) is 0 Å². The normalized spacial score (nSPS) is 15.8. The Morgan fingerprint density at radius 3 is 2.65 bits per heavy atom. The standard InChI is InChI=1S/C17H13ClN2O2S/c18-13-8-12(9-15-16(21)20-17(19)23-15)6-7-14(13)22-10-11-4-2-1-3-5-11/h1-9H,10H2,(H2,19,20,21)/b15-9-. The molecule has 1 aliphatic heterocycles. The lowest BCUT2D eigenvalue weighted by Gasteiger charge is -2.08. The molecule has 0 unspecified atom stereocenters. The lowest BCUT2D eigenvalue weighted by Crippen LogP contribution is -2.18. The van der Waals surface area contributed by atoms with Crippen LogP contribution in [0.15, 0.2) is 53.4 Å². The summed E-state index contributed by atoms with van der Waals surface area (Å²) in [6.45, 7) is 0.441. The molecular formula is C17H13ClN2O2S. The van der Waals surface area contributed by atoms with Gasteiger partial charge in [0.25, 0.3) is 5.91 Å². The third-order valence-electron chi connectivity index (χ3n) is 3.15. The number of rotatable bonds is 4. The number of amides is 1. The maximum atomic E-state index is 11.6. The summed E-state index contributed by atoms with van der Waals surface area (Å²) < 4.78 is 5.71. The third-order valence-corrected chi connectivity index (χ3v) is 4.28. The van der Waals surface area contributed by atoms with Crippen molar-refractivity contribution >= 4 is 40.5 Å². The fourth-order valence-electron chi connectivity index (χ4n) is 2.05. The van der Waals surface area contributed by atoms with E-state index in [9.17, 15) is 4.79 Å². The maximum absolute atomic E-state index is 11.6. The summed E-state index contributed by atoms with van der Waals surface area (Å²) in [5.41, 5.74) is 1.85. The number of halogens is 1. The number of hydrogen-bond acceptors (Lipinski definition) is 4. The van der Waals surface area contributed by atoms with E-state index in [1.807, 2.05) is 36.4 Å². The Morgan fingerprint density at radius 1 is 1.22 bits per heavy atom. The van der Waals surface area contributed by atoms with Crippen LogP contribution in [-0.4, -0.2) is 11.1 Å². The van der Waals surface area contributed by atoms with Gasteiger partial charge in [0.1, 0.15) is 12.4 Å². The van der Waals surface area contributed by atoms with Crippen molar-refractivity contribution in [3.8, 4) is 5.75 Å². The monoisotopic (exact) mass is 344 g/mol. The molecule has 0 atom stereocenters. The minimum atomic E-state index is -0.263. The molecule has 23 heavy (non-hydrogen) atoms. The Balaban J connectivity index is 1.72. The Hall–Kier alpha value is -2.24. The second-order valence-electron chi connectivity index (χ2n) is 4.86. The molecule has 1 aliphatic rings. The van der Waals surface area contributed by atoms with E-state index in [0.29, 0.717) is 22.3 Å². The van der Waals surface area contributed by atoms with Gasteiger partial charge in [0.05, 0.1) is 9.93 Å². The average molecular weight is 345 g/mol. The van der Waals surface area contributed by atoms with E-state index in [1.54, 1.807) is 18.2 Å². The second-order valence-corrected chi connectivity index (χ2v) is 6.32. The zero-order valence-corrected chi connectivity index (χ0v) is 13.6. The zero-order chi connectivity index (χ0) is 16.2. The molecule has 4 nitrogen and oxygen atoms in total. The Bertz CT molecular complexity index is 790. The first-order valence-electron chi connectivity index (χ1n) is 6.87. The zero-order valence-electron chi connectivity index (χ0n) is 12.0. The van der Waals surface area contributed by atoms with Gasteiger partial charge in [-0.3, -0.25) is 10.2 Å². The molecule has 0 aromatic heterocycles. The number of ether oxygens (including phenoxy) is 1. The molecule has 2 aromatic carbocycles. The molecule has 6 heteroatoms. The summed E-state index contributed by atoms with van der Waals surface area (Å²) in [4.78, 5) is 12.1. The number of hydrogen-bond donors (Lipinski definition) is 2. The van der Waals surface area contributed by atoms with Crippen LogP contribution in [0.5, 0.6) is 5.75 Å². The molecule has 2 N–H and O–H groups in total. The SMILES string of the molecule is N=C1NC(=O)/C(=C/c2ccc(OCc3ccccc3)c(Cl)c2)S1. The number of thioether (sulfide) groups is 1. The molecule has 1 fully saturated rings.